The Balaban J connectivity index is 3.32. The van der Waals surface area contributed by atoms with Gasteiger partial charge < -0.3 is 23.7 Å². The molecule has 0 aliphatic heterocycles. The number of esters is 1. The minimum absolute atomic E-state index is 0.234. The molecule has 0 unspecified atom stereocenters. The number of rotatable bonds is 8. The quantitative estimate of drug-likeness (QED) is 0.534. The van der Waals surface area contributed by atoms with Crippen LogP contribution in [0.5, 0.6) is 0 Å². The van der Waals surface area contributed by atoms with E-state index in [4.69, 9.17) is 23.7 Å². The zero-order valence-electron chi connectivity index (χ0n) is 13.0. The Morgan fingerprint density at radius 1 is 0.905 bits per heavy atom. The van der Waals surface area contributed by atoms with Gasteiger partial charge in [-0.1, -0.05) is 30.3 Å². The minimum Gasteiger partial charge on any atom is -0.465 e. The Morgan fingerprint density at radius 2 is 1.43 bits per heavy atom. The smallest absolute Gasteiger partial charge is 0.372 e. The van der Waals surface area contributed by atoms with E-state index >= 15 is 0 Å². The molecule has 0 aliphatic rings. The molecule has 0 spiro atoms. The number of ether oxygens (including phenoxy) is 5. The zero-order chi connectivity index (χ0) is 15.9. The Labute approximate surface area is 124 Å². The van der Waals surface area contributed by atoms with E-state index in [0.29, 0.717) is 0 Å². The van der Waals surface area contributed by atoms with Gasteiger partial charge in [-0.2, -0.15) is 0 Å². The molecule has 0 saturated heterocycles. The molecule has 0 heterocycles. The van der Waals surface area contributed by atoms with Crippen LogP contribution in [-0.4, -0.2) is 53.1 Å². The molecule has 1 aromatic rings. The lowest BCUT2D eigenvalue weighted by molar-refractivity contribution is -0.374. The molecule has 0 aliphatic carbocycles. The summed E-state index contributed by atoms with van der Waals surface area (Å²) in [5.41, 5.74) is 0.892. The molecule has 6 nitrogen and oxygen atoms in total. The number of hydrogen-bond acceptors (Lipinski definition) is 6. The molecule has 0 fully saturated rings. The van der Waals surface area contributed by atoms with Gasteiger partial charge >= 0.3 is 11.8 Å². The molecule has 1 aromatic carbocycles. The minimum atomic E-state index is -1.85. The molecule has 0 saturated carbocycles. The molecular weight excluding hydrogens is 276 g/mol. The summed E-state index contributed by atoms with van der Waals surface area (Å²) < 4.78 is 26.4. The van der Waals surface area contributed by atoms with Crippen molar-refractivity contribution >= 4 is 5.97 Å². The fourth-order valence-corrected chi connectivity index (χ4v) is 2.33. The maximum Gasteiger partial charge on any atom is 0.372 e. The molecule has 0 amide bonds. The summed E-state index contributed by atoms with van der Waals surface area (Å²) in [5, 5.41) is 0. The molecule has 1 rings (SSSR count). The fourth-order valence-electron chi connectivity index (χ4n) is 2.33. The topological polar surface area (TPSA) is 63.2 Å². The van der Waals surface area contributed by atoms with E-state index in [1.54, 1.807) is 0 Å². The molecule has 0 aromatic heterocycles. The first-order chi connectivity index (χ1) is 10.1. The number of carbonyl (C=O) groups is 1. The molecule has 0 N–H and O–H groups in total. The normalized spacial score (nSPS) is 12.2. The van der Waals surface area contributed by atoms with Gasteiger partial charge in [0, 0.05) is 34.9 Å². The van der Waals surface area contributed by atoms with Crippen molar-refractivity contribution in [3.8, 4) is 0 Å². The maximum atomic E-state index is 12.2. The van der Waals surface area contributed by atoms with E-state index in [0.717, 1.165) is 5.56 Å². The molecular formula is C15H22O6. The van der Waals surface area contributed by atoms with E-state index in [1.165, 1.54) is 35.5 Å². The van der Waals surface area contributed by atoms with E-state index in [2.05, 4.69) is 0 Å². The van der Waals surface area contributed by atoms with Crippen LogP contribution in [0.3, 0.4) is 0 Å². The van der Waals surface area contributed by atoms with Crippen molar-refractivity contribution < 1.29 is 28.5 Å². The second kappa shape index (κ2) is 7.51. The van der Waals surface area contributed by atoms with E-state index < -0.39 is 17.5 Å². The molecule has 21 heavy (non-hydrogen) atoms. The first-order valence-corrected chi connectivity index (χ1v) is 6.38. The van der Waals surface area contributed by atoms with Gasteiger partial charge in [-0.15, -0.1) is 0 Å². The van der Waals surface area contributed by atoms with Gasteiger partial charge in [0.25, 0.3) is 0 Å². The highest BCUT2D eigenvalue weighted by Gasteiger charge is 2.61. The van der Waals surface area contributed by atoms with Gasteiger partial charge in [-0.25, -0.2) is 4.79 Å². The standard InChI is InChI=1S/C15H22O6/c1-17-13(16)15(20-4,21-5)14(18-2,19-3)11-12-9-7-6-8-10-12/h6-10H,11H2,1-5H3. The van der Waals surface area contributed by atoms with Crippen LogP contribution in [-0.2, 0) is 34.9 Å². The van der Waals surface area contributed by atoms with Crippen LogP contribution >= 0.6 is 0 Å². The number of methoxy groups -OCH3 is 5. The maximum absolute atomic E-state index is 12.2. The van der Waals surface area contributed by atoms with Gasteiger partial charge in [-0.3, -0.25) is 0 Å². The lowest BCUT2D eigenvalue weighted by Crippen LogP contribution is -2.65. The summed E-state index contributed by atoms with van der Waals surface area (Å²) >= 11 is 0. The van der Waals surface area contributed by atoms with Crippen LogP contribution in [0.4, 0.5) is 0 Å². The average Bonchev–Trinajstić information content (AvgIpc) is 2.55. The monoisotopic (exact) mass is 298 g/mol. The van der Waals surface area contributed by atoms with Crippen molar-refractivity contribution in [2.24, 2.45) is 0 Å². The summed E-state index contributed by atoms with van der Waals surface area (Å²) in [5.74, 6) is -4.08. The lowest BCUT2D eigenvalue weighted by atomic mass is 9.96. The third-order valence-corrected chi connectivity index (χ3v) is 3.47. The van der Waals surface area contributed by atoms with Gasteiger partial charge in [0.2, 0.25) is 5.79 Å². The highest BCUT2D eigenvalue weighted by molar-refractivity contribution is 5.79. The van der Waals surface area contributed by atoms with E-state index in [9.17, 15) is 4.79 Å². The highest BCUT2D eigenvalue weighted by Crippen LogP contribution is 2.35. The Morgan fingerprint density at radius 3 is 1.81 bits per heavy atom. The summed E-state index contributed by atoms with van der Waals surface area (Å²) in [7, 11) is 6.74. The largest absolute Gasteiger partial charge is 0.465 e. The second-order valence-corrected chi connectivity index (χ2v) is 4.34. The molecule has 0 atom stereocenters. The van der Waals surface area contributed by atoms with Crippen LogP contribution in [0, 0.1) is 0 Å². The summed E-state index contributed by atoms with van der Waals surface area (Å²) in [6, 6.07) is 9.43. The predicted octanol–water partition coefficient (Wildman–Crippen LogP) is 1.38. The fraction of sp³-hybridized carbons (Fsp3) is 0.533. The van der Waals surface area contributed by atoms with E-state index in [-0.39, 0.29) is 6.42 Å². The van der Waals surface area contributed by atoms with Gasteiger partial charge in [0.15, 0.2) is 0 Å². The van der Waals surface area contributed by atoms with Crippen molar-refractivity contribution in [1.82, 2.24) is 0 Å². The molecule has 0 bridgehead atoms. The molecule has 0 radical (unpaired) electrons. The van der Waals surface area contributed by atoms with E-state index in [1.807, 2.05) is 30.3 Å². The summed E-state index contributed by atoms with van der Waals surface area (Å²) in [6.07, 6.45) is 0.234. The van der Waals surface area contributed by atoms with Gasteiger partial charge in [-0.05, 0) is 5.56 Å². The van der Waals surface area contributed by atoms with Crippen molar-refractivity contribution in [2.45, 2.75) is 18.0 Å². The molecule has 6 heteroatoms. The highest BCUT2D eigenvalue weighted by atomic mass is 16.8. The number of hydrogen-bond donors (Lipinski definition) is 0. The predicted molar refractivity (Wildman–Crippen MR) is 75.7 cm³/mol. The lowest BCUT2D eigenvalue weighted by Gasteiger charge is -2.43. The first-order valence-electron chi connectivity index (χ1n) is 6.38. The first kappa shape index (κ1) is 17.6. The SMILES string of the molecule is COC(=O)C(OC)(OC)C(Cc1ccccc1)(OC)OC. The Kier molecular flexibility index (Phi) is 6.29. The van der Waals surface area contributed by atoms with Crippen LogP contribution in [0.2, 0.25) is 0 Å². The van der Waals surface area contributed by atoms with Crippen molar-refractivity contribution in [1.29, 1.82) is 0 Å². The van der Waals surface area contributed by atoms with Gasteiger partial charge in [0.1, 0.15) is 0 Å². The van der Waals surface area contributed by atoms with Crippen LogP contribution in [0.1, 0.15) is 5.56 Å². The second-order valence-electron chi connectivity index (χ2n) is 4.34. The number of carbonyl (C=O) groups excluding carboxylic acids is 1. The third kappa shape index (κ3) is 3.08. The zero-order valence-corrected chi connectivity index (χ0v) is 13.0. The van der Waals surface area contributed by atoms with Crippen molar-refractivity contribution in [3.05, 3.63) is 35.9 Å². The third-order valence-electron chi connectivity index (χ3n) is 3.47. The Bertz CT molecular complexity index is 437. The van der Waals surface area contributed by atoms with Gasteiger partial charge in [0.05, 0.1) is 7.11 Å². The van der Waals surface area contributed by atoms with Crippen molar-refractivity contribution in [2.75, 3.05) is 35.5 Å². The Hall–Kier alpha value is -1.47. The van der Waals surface area contributed by atoms with Crippen molar-refractivity contribution in [3.63, 3.8) is 0 Å². The summed E-state index contributed by atoms with van der Waals surface area (Å²) in [4.78, 5) is 12.2. The van der Waals surface area contributed by atoms with Crippen LogP contribution < -0.4 is 0 Å². The summed E-state index contributed by atoms with van der Waals surface area (Å²) in [6.45, 7) is 0. The molecule has 118 valence electrons. The average molecular weight is 298 g/mol. The van der Waals surface area contributed by atoms with Crippen LogP contribution in [0.15, 0.2) is 30.3 Å². The van der Waals surface area contributed by atoms with Crippen LogP contribution in [0.25, 0.3) is 0 Å². The number of benzene rings is 1.